The van der Waals surface area contributed by atoms with Crippen molar-refractivity contribution < 1.29 is 45.2 Å². The summed E-state index contributed by atoms with van der Waals surface area (Å²) in [6.45, 7) is 35.9. The maximum absolute atomic E-state index is 12.1. The highest BCUT2D eigenvalue weighted by molar-refractivity contribution is 7.10. The molecule has 4 aromatic carbocycles. The number of rotatable bonds is 5. The molecule has 0 radical (unpaired) electrons. The van der Waals surface area contributed by atoms with Gasteiger partial charge < -0.3 is 18.9 Å². The van der Waals surface area contributed by atoms with Crippen LogP contribution < -0.4 is 13.8 Å². The van der Waals surface area contributed by atoms with Crippen LogP contribution in [0.15, 0.2) is 66.7 Å². The summed E-state index contributed by atoms with van der Waals surface area (Å²) in [7, 11) is 4.99. The van der Waals surface area contributed by atoms with Crippen molar-refractivity contribution in [2.75, 3.05) is 6.61 Å². The van der Waals surface area contributed by atoms with Gasteiger partial charge in [-0.25, -0.2) is 0 Å². The smallest absolute Gasteiger partial charge is 0.416 e. The lowest BCUT2D eigenvalue weighted by Gasteiger charge is -2.33. The molecule has 4 rings (SSSR count). The zero-order valence-electron chi connectivity index (χ0n) is 38.4. The van der Waals surface area contributed by atoms with E-state index in [1.54, 1.807) is 6.92 Å². The molecule has 336 valence electrons. The maximum Gasteiger partial charge on any atom is 0.416 e. The molecule has 0 aliphatic rings. The summed E-state index contributed by atoms with van der Waals surface area (Å²) in [6, 6.07) is 15.3. The van der Waals surface area contributed by atoms with Crippen LogP contribution in [0.25, 0.3) is 11.1 Å². The fourth-order valence-corrected chi connectivity index (χ4v) is 6.53. The predicted octanol–water partition coefficient (Wildman–Crippen LogP) is 16.1. The van der Waals surface area contributed by atoms with Crippen molar-refractivity contribution >= 4 is 18.9 Å². The molecule has 60 heavy (non-hydrogen) atoms. The molecule has 0 amide bonds. The fourth-order valence-electron chi connectivity index (χ4n) is 6.03. The first kappa shape index (κ1) is 54.5. The third kappa shape index (κ3) is 15.8. The van der Waals surface area contributed by atoms with Crippen LogP contribution in [-0.2, 0) is 34.0 Å². The second-order valence-electron chi connectivity index (χ2n) is 18.6. The Kier molecular flexibility index (Phi) is 19.6. The Morgan fingerprint density at radius 3 is 1.23 bits per heavy atom. The molecule has 0 aromatic heterocycles. The first-order valence-corrected chi connectivity index (χ1v) is 20.9. The molecule has 0 aliphatic heterocycles. The minimum atomic E-state index is -4.33. The summed E-state index contributed by atoms with van der Waals surface area (Å²) in [5, 5.41) is 8.66. The van der Waals surface area contributed by atoms with Gasteiger partial charge in [0.25, 0.3) is 0 Å². The Bertz CT molecular complexity index is 1940. The molecular formula is C48H68F6O4P2. The minimum absolute atomic E-state index is 0.00144. The van der Waals surface area contributed by atoms with Crippen LogP contribution in [0.2, 0.25) is 0 Å². The Hall–Kier alpha value is -3.48. The van der Waals surface area contributed by atoms with E-state index in [1.165, 1.54) is 46.4 Å². The van der Waals surface area contributed by atoms with Gasteiger partial charge in [-0.3, -0.25) is 0 Å². The predicted molar refractivity (Wildman–Crippen MR) is 244 cm³/mol. The highest BCUT2D eigenvalue weighted by Crippen LogP contribution is 2.51. The second-order valence-corrected chi connectivity index (χ2v) is 19.1. The molecular weight excluding hydrogens is 816 g/mol. The molecule has 2 unspecified atom stereocenters. The largest absolute Gasteiger partial charge is 0.508 e. The van der Waals surface area contributed by atoms with E-state index in [0.29, 0.717) is 12.4 Å². The number of aromatic hydroxyl groups is 1. The number of alkyl halides is 6. The summed E-state index contributed by atoms with van der Waals surface area (Å²) in [6.07, 6.45) is -7.35. The van der Waals surface area contributed by atoms with Gasteiger partial charge in [-0.2, -0.15) is 26.3 Å². The highest BCUT2D eigenvalue weighted by Gasteiger charge is 2.34. The van der Waals surface area contributed by atoms with Crippen LogP contribution in [0, 0.1) is 6.92 Å². The lowest BCUT2D eigenvalue weighted by Crippen LogP contribution is -2.20. The number of phenols is 1. The Morgan fingerprint density at radius 2 is 0.900 bits per heavy atom. The fraction of sp³-hybridized carbons (Fsp3) is 0.500. The van der Waals surface area contributed by atoms with E-state index in [2.05, 4.69) is 141 Å². The van der Waals surface area contributed by atoms with Gasteiger partial charge in [0.1, 0.15) is 23.0 Å². The Morgan fingerprint density at radius 1 is 0.517 bits per heavy atom. The Labute approximate surface area is 360 Å². The average Bonchev–Trinajstić information content (AvgIpc) is 3.09. The zero-order valence-corrected chi connectivity index (χ0v) is 40.7. The molecule has 0 spiro atoms. The average molecular weight is 885 g/mol. The normalized spacial score (nSPS) is 12.2. The van der Waals surface area contributed by atoms with Crippen molar-refractivity contribution in [1.29, 1.82) is 0 Å². The van der Waals surface area contributed by atoms with Gasteiger partial charge in [-0.1, -0.05) is 115 Å². The summed E-state index contributed by atoms with van der Waals surface area (Å²) < 4.78 is 88.9. The van der Waals surface area contributed by atoms with Crippen molar-refractivity contribution in [3.63, 3.8) is 0 Å². The molecule has 4 aromatic rings. The van der Waals surface area contributed by atoms with Gasteiger partial charge in [0.15, 0.2) is 0 Å². The number of hydrogen-bond acceptors (Lipinski definition) is 4. The standard InChI is InChI=1S/C29H46O2P2.C9H9F3O.C7H5F3O.C3H8/c1-17-20(27(5,6)7)16-22(29(11,12)13)25(31-33)23(17)19-14-18(26(2,3)4)15-21(24(19)30-32)28(8,9)10;1-2-13-8-5-3-7(4-6-8)9(10,11)12;8-7(9,10)5-1-3-6(11)4-2-5;1-3-2/h14-16H,32-33H2,1-13H3;3-6H,2H2,1H3;1-4,11H;3H2,1-2H3. The summed E-state index contributed by atoms with van der Waals surface area (Å²) >= 11 is 0. The van der Waals surface area contributed by atoms with Gasteiger partial charge in [-0.05, 0) is 107 Å². The van der Waals surface area contributed by atoms with Gasteiger partial charge in [0.2, 0.25) is 0 Å². The quantitative estimate of drug-likeness (QED) is 0.160. The monoisotopic (exact) mass is 884 g/mol. The molecule has 1 N–H and O–H groups in total. The molecule has 0 saturated heterocycles. The van der Waals surface area contributed by atoms with Crippen LogP contribution in [0.3, 0.4) is 0 Å². The molecule has 0 aliphatic carbocycles. The van der Waals surface area contributed by atoms with Crippen LogP contribution in [0.1, 0.15) is 149 Å². The first-order valence-electron chi connectivity index (χ1n) is 20.0. The number of hydrogen-bond donors (Lipinski definition) is 1. The van der Waals surface area contributed by atoms with Gasteiger partial charge in [-0.15, -0.1) is 0 Å². The molecule has 2 atom stereocenters. The number of benzene rings is 4. The lowest BCUT2D eigenvalue weighted by atomic mass is 9.73. The van der Waals surface area contributed by atoms with Crippen molar-refractivity contribution in [3.05, 3.63) is 106 Å². The number of ether oxygens (including phenoxy) is 1. The third-order valence-electron chi connectivity index (χ3n) is 9.11. The molecule has 0 fully saturated rings. The molecule has 4 nitrogen and oxygen atoms in total. The first-order chi connectivity index (χ1) is 27.2. The van der Waals surface area contributed by atoms with Crippen LogP contribution in [-0.4, -0.2) is 11.7 Å². The van der Waals surface area contributed by atoms with Crippen molar-refractivity contribution in [3.8, 4) is 34.1 Å². The van der Waals surface area contributed by atoms with E-state index < -0.39 is 23.5 Å². The molecule has 0 heterocycles. The summed E-state index contributed by atoms with van der Waals surface area (Å²) in [5.41, 5.74) is 6.91. The minimum Gasteiger partial charge on any atom is -0.508 e. The lowest BCUT2D eigenvalue weighted by molar-refractivity contribution is -0.138. The van der Waals surface area contributed by atoms with Crippen molar-refractivity contribution in [2.24, 2.45) is 0 Å². The molecule has 12 heteroatoms. The van der Waals surface area contributed by atoms with E-state index in [9.17, 15) is 26.3 Å². The number of halogens is 6. The van der Waals surface area contributed by atoms with Crippen LogP contribution in [0.4, 0.5) is 26.3 Å². The zero-order chi connectivity index (χ0) is 46.8. The molecule has 0 bridgehead atoms. The Balaban J connectivity index is 0.000000539. The van der Waals surface area contributed by atoms with Gasteiger partial charge in [0.05, 0.1) is 36.7 Å². The number of phenolic OH excluding ortho intramolecular Hbond substituents is 1. The van der Waals surface area contributed by atoms with Gasteiger partial charge >= 0.3 is 12.4 Å². The van der Waals surface area contributed by atoms with Crippen molar-refractivity contribution in [1.82, 2.24) is 0 Å². The van der Waals surface area contributed by atoms with Crippen molar-refractivity contribution in [2.45, 2.75) is 151 Å². The van der Waals surface area contributed by atoms with Gasteiger partial charge in [0, 0.05) is 22.3 Å². The summed E-state index contributed by atoms with van der Waals surface area (Å²) in [5.74, 6) is 2.10. The van der Waals surface area contributed by atoms with E-state index in [1.807, 2.05) is 0 Å². The van der Waals surface area contributed by atoms with Crippen LogP contribution >= 0.6 is 18.9 Å². The van der Waals surface area contributed by atoms with Crippen LogP contribution in [0.5, 0.6) is 23.0 Å². The molecule has 0 saturated carbocycles. The van der Waals surface area contributed by atoms with E-state index >= 15 is 0 Å². The topological polar surface area (TPSA) is 47.9 Å². The highest BCUT2D eigenvalue weighted by atomic mass is 31.0. The summed E-state index contributed by atoms with van der Waals surface area (Å²) in [4.78, 5) is 0. The van der Waals surface area contributed by atoms with E-state index in [4.69, 9.17) is 18.9 Å². The van der Waals surface area contributed by atoms with E-state index in [-0.39, 0.29) is 27.4 Å². The SMILES string of the molecule is CCC.CCOc1ccc(C(F)(F)F)cc1.Cc1c(C(C)(C)C)cc(C(C)(C)C)c(OP)c1-c1cc(C(C)(C)C)cc(C(C)(C)C)c1OP.Oc1ccc(C(F)(F)F)cc1. The van der Waals surface area contributed by atoms with E-state index in [0.717, 1.165) is 59.0 Å². The third-order valence-corrected chi connectivity index (χ3v) is 9.58. The second kappa shape index (κ2) is 21.5. The maximum atomic E-state index is 12.1.